The molecule has 0 radical (unpaired) electrons. The number of hydrogen-bond donors (Lipinski definition) is 1. The van der Waals surface area contributed by atoms with Crippen LogP contribution in [-0.4, -0.2) is 29.9 Å². The number of ether oxygens (including phenoxy) is 1. The van der Waals surface area contributed by atoms with Crippen LogP contribution in [0.2, 0.25) is 0 Å². The molecule has 0 bridgehead atoms. The van der Waals surface area contributed by atoms with Crippen molar-refractivity contribution in [2.24, 2.45) is 4.99 Å². The zero-order valence-electron chi connectivity index (χ0n) is 17.0. The SMILES string of the molecule is CCCCCCCCCOC(=O)c1ccc(N=Cc2ccc(C(=O)O)cc2)cc1. The monoisotopic (exact) mass is 395 g/mol. The van der Waals surface area contributed by atoms with Gasteiger partial charge in [0.25, 0.3) is 0 Å². The number of esters is 1. The van der Waals surface area contributed by atoms with Crippen LogP contribution in [0.1, 0.15) is 78.1 Å². The molecule has 29 heavy (non-hydrogen) atoms. The third kappa shape index (κ3) is 8.30. The molecule has 0 unspecified atom stereocenters. The Morgan fingerprint density at radius 1 is 0.862 bits per heavy atom. The minimum Gasteiger partial charge on any atom is -0.478 e. The summed E-state index contributed by atoms with van der Waals surface area (Å²) >= 11 is 0. The molecule has 0 atom stereocenters. The number of carboxylic acids is 1. The highest BCUT2D eigenvalue weighted by molar-refractivity contribution is 5.91. The van der Waals surface area contributed by atoms with Crippen LogP contribution in [0.25, 0.3) is 0 Å². The number of unbranched alkanes of at least 4 members (excludes halogenated alkanes) is 6. The second-order valence-electron chi connectivity index (χ2n) is 6.99. The maximum absolute atomic E-state index is 12.1. The third-order valence-corrected chi connectivity index (χ3v) is 4.60. The Labute approximate surface area is 172 Å². The first-order valence-electron chi connectivity index (χ1n) is 10.2. The molecular weight excluding hydrogens is 366 g/mol. The van der Waals surface area contributed by atoms with Crippen LogP contribution in [0.3, 0.4) is 0 Å². The molecule has 0 aliphatic carbocycles. The zero-order chi connectivity index (χ0) is 20.9. The van der Waals surface area contributed by atoms with Gasteiger partial charge in [-0.3, -0.25) is 4.99 Å². The van der Waals surface area contributed by atoms with E-state index in [1.807, 2.05) is 0 Å². The molecule has 2 aromatic rings. The Hall–Kier alpha value is -2.95. The van der Waals surface area contributed by atoms with Crippen LogP contribution in [-0.2, 0) is 4.74 Å². The molecule has 0 aliphatic heterocycles. The molecule has 0 aromatic heterocycles. The summed E-state index contributed by atoms with van der Waals surface area (Å²) in [5.41, 5.74) is 2.25. The maximum Gasteiger partial charge on any atom is 0.338 e. The number of aliphatic imine (C=N–C) groups is 1. The molecular formula is C24H29NO4. The largest absolute Gasteiger partial charge is 0.478 e. The first-order chi connectivity index (χ1) is 14.1. The molecule has 2 aromatic carbocycles. The number of carbonyl (C=O) groups is 2. The topological polar surface area (TPSA) is 76.0 Å². The van der Waals surface area contributed by atoms with Crippen molar-refractivity contribution in [2.45, 2.75) is 51.9 Å². The Kier molecular flexibility index (Phi) is 9.63. The van der Waals surface area contributed by atoms with Crippen molar-refractivity contribution in [3.8, 4) is 0 Å². The first kappa shape index (κ1) is 22.3. The van der Waals surface area contributed by atoms with Gasteiger partial charge in [-0.05, 0) is 48.4 Å². The molecule has 1 N–H and O–H groups in total. The van der Waals surface area contributed by atoms with Gasteiger partial charge in [0.1, 0.15) is 0 Å². The predicted octanol–water partition coefficient (Wildman–Crippen LogP) is 6.04. The lowest BCUT2D eigenvalue weighted by atomic mass is 10.1. The van der Waals surface area contributed by atoms with Gasteiger partial charge in [0, 0.05) is 6.21 Å². The summed E-state index contributed by atoms with van der Waals surface area (Å²) in [7, 11) is 0. The minimum atomic E-state index is -0.956. The second kappa shape index (κ2) is 12.5. The molecule has 5 nitrogen and oxygen atoms in total. The number of hydrogen-bond acceptors (Lipinski definition) is 4. The van der Waals surface area contributed by atoms with E-state index in [9.17, 15) is 9.59 Å². The van der Waals surface area contributed by atoms with Gasteiger partial charge < -0.3 is 9.84 Å². The van der Waals surface area contributed by atoms with Gasteiger partial charge in [0.15, 0.2) is 0 Å². The molecule has 0 spiro atoms. The van der Waals surface area contributed by atoms with Crippen molar-refractivity contribution in [3.63, 3.8) is 0 Å². The molecule has 0 heterocycles. The predicted molar refractivity (Wildman–Crippen MR) is 115 cm³/mol. The molecule has 5 heteroatoms. The van der Waals surface area contributed by atoms with Gasteiger partial charge in [-0.2, -0.15) is 0 Å². The maximum atomic E-state index is 12.1. The normalized spacial score (nSPS) is 10.9. The standard InChI is InChI=1S/C24H29NO4/c1-2-3-4-5-6-7-8-17-29-24(28)21-13-15-22(16-14-21)25-18-19-9-11-20(12-10-19)23(26)27/h9-16,18H,2-8,17H2,1H3,(H,26,27). The van der Waals surface area contributed by atoms with Gasteiger partial charge in [-0.15, -0.1) is 0 Å². The van der Waals surface area contributed by atoms with E-state index in [0.29, 0.717) is 17.9 Å². The summed E-state index contributed by atoms with van der Waals surface area (Å²) in [5, 5.41) is 8.90. The van der Waals surface area contributed by atoms with Gasteiger partial charge >= 0.3 is 11.9 Å². The highest BCUT2D eigenvalue weighted by atomic mass is 16.5. The van der Waals surface area contributed by atoms with Crippen LogP contribution >= 0.6 is 0 Å². The lowest BCUT2D eigenvalue weighted by molar-refractivity contribution is 0.0497. The van der Waals surface area contributed by atoms with E-state index < -0.39 is 5.97 Å². The minimum absolute atomic E-state index is 0.238. The van der Waals surface area contributed by atoms with E-state index in [-0.39, 0.29) is 11.5 Å². The Morgan fingerprint density at radius 3 is 2.07 bits per heavy atom. The van der Waals surface area contributed by atoms with Gasteiger partial charge in [0.2, 0.25) is 0 Å². The van der Waals surface area contributed by atoms with Crippen LogP contribution in [0.15, 0.2) is 53.5 Å². The highest BCUT2D eigenvalue weighted by Gasteiger charge is 2.06. The van der Waals surface area contributed by atoms with E-state index in [4.69, 9.17) is 9.84 Å². The van der Waals surface area contributed by atoms with E-state index >= 15 is 0 Å². The Balaban J connectivity index is 1.74. The number of nitrogens with zero attached hydrogens (tertiary/aromatic N) is 1. The smallest absolute Gasteiger partial charge is 0.338 e. The average Bonchev–Trinajstić information content (AvgIpc) is 2.74. The summed E-state index contributed by atoms with van der Waals surface area (Å²) in [6.07, 6.45) is 9.95. The lowest BCUT2D eigenvalue weighted by Crippen LogP contribution is -2.06. The van der Waals surface area contributed by atoms with Crippen molar-refractivity contribution < 1.29 is 19.4 Å². The van der Waals surface area contributed by atoms with Crippen LogP contribution < -0.4 is 0 Å². The summed E-state index contributed by atoms with van der Waals surface area (Å²) < 4.78 is 5.33. The molecule has 0 amide bonds. The van der Waals surface area contributed by atoms with Gasteiger partial charge in [0.05, 0.1) is 23.4 Å². The first-order valence-corrected chi connectivity index (χ1v) is 10.2. The second-order valence-corrected chi connectivity index (χ2v) is 6.99. The third-order valence-electron chi connectivity index (χ3n) is 4.60. The molecule has 0 fully saturated rings. The number of carboxylic acid groups (broad SMARTS) is 1. The highest BCUT2D eigenvalue weighted by Crippen LogP contribution is 2.15. The summed E-state index contributed by atoms with van der Waals surface area (Å²) in [5.74, 6) is -1.27. The molecule has 2 rings (SSSR count). The lowest BCUT2D eigenvalue weighted by Gasteiger charge is -2.05. The number of benzene rings is 2. The fraction of sp³-hybridized carbons (Fsp3) is 0.375. The summed E-state index contributed by atoms with van der Waals surface area (Å²) in [4.78, 5) is 27.3. The van der Waals surface area contributed by atoms with Crippen molar-refractivity contribution in [1.29, 1.82) is 0 Å². The van der Waals surface area contributed by atoms with Crippen LogP contribution in [0.4, 0.5) is 5.69 Å². The molecule has 0 saturated heterocycles. The number of rotatable bonds is 12. The van der Waals surface area contributed by atoms with Crippen molar-refractivity contribution >= 4 is 23.8 Å². The number of aromatic carboxylic acids is 1. The van der Waals surface area contributed by atoms with Crippen LogP contribution in [0.5, 0.6) is 0 Å². The molecule has 154 valence electrons. The quantitative estimate of drug-likeness (QED) is 0.270. The van der Waals surface area contributed by atoms with Crippen molar-refractivity contribution in [2.75, 3.05) is 6.61 Å². The zero-order valence-corrected chi connectivity index (χ0v) is 17.0. The van der Waals surface area contributed by atoms with Crippen molar-refractivity contribution in [1.82, 2.24) is 0 Å². The average molecular weight is 395 g/mol. The van der Waals surface area contributed by atoms with Gasteiger partial charge in [-0.25, -0.2) is 9.59 Å². The summed E-state index contributed by atoms with van der Waals surface area (Å²) in [6.45, 7) is 2.67. The van der Waals surface area contributed by atoms with Crippen LogP contribution in [0, 0.1) is 0 Å². The van der Waals surface area contributed by atoms with E-state index in [1.54, 1.807) is 42.6 Å². The molecule has 0 aliphatic rings. The van der Waals surface area contributed by atoms with E-state index in [2.05, 4.69) is 11.9 Å². The van der Waals surface area contributed by atoms with Crippen molar-refractivity contribution in [3.05, 3.63) is 65.2 Å². The fourth-order valence-corrected chi connectivity index (χ4v) is 2.85. The molecule has 0 saturated carbocycles. The van der Waals surface area contributed by atoms with Gasteiger partial charge in [-0.1, -0.05) is 57.6 Å². The van der Waals surface area contributed by atoms with E-state index in [1.165, 1.54) is 44.2 Å². The summed E-state index contributed by atoms with van der Waals surface area (Å²) in [6, 6.07) is 13.4. The fourth-order valence-electron chi connectivity index (χ4n) is 2.85. The van der Waals surface area contributed by atoms with E-state index in [0.717, 1.165) is 18.4 Å². The Morgan fingerprint density at radius 2 is 1.45 bits per heavy atom. The number of carbonyl (C=O) groups excluding carboxylic acids is 1. The Bertz CT molecular complexity index is 795.